The first-order valence-electron chi connectivity index (χ1n) is 19.5. The third-order valence-electron chi connectivity index (χ3n) is 10.4. The van der Waals surface area contributed by atoms with Crippen molar-refractivity contribution in [3.8, 4) is 11.8 Å². The van der Waals surface area contributed by atoms with Crippen LogP contribution in [-0.2, 0) is 28.4 Å². The molecule has 0 aromatic rings. The highest BCUT2D eigenvalue weighted by atomic mass is 16.5. The molecular weight excluding hydrogens is 640 g/mol. The summed E-state index contributed by atoms with van der Waals surface area (Å²) >= 11 is 0. The van der Waals surface area contributed by atoms with Gasteiger partial charge < -0.3 is 38.6 Å². The maximum atomic E-state index is 11.0. The number of β-amino-alcohol motifs (C(OH)–C–C–N with tert-alkyl or cyclic N) is 1. The summed E-state index contributed by atoms with van der Waals surface area (Å²) in [5, 5.41) is 20.9. The Labute approximate surface area is 303 Å². The van der Waals surface area contributed by atoms with Crippen LogP contribution in [-0.4, -0.2) is 197 Å². The molecule has 50 heavy (non-hydrogen) atoms. The zero-order chi connectivity index (χ0) is 35.8. The first kappa shape index (κ1) is 41.8. The van der Waals surface area contributed by atoms with Crippen LogP contribution < -0.4 is 0 Å². The van der Waals surface area contributed by atoms with E-state index >= 15 is 0 Å². The van der Waals surface area contributed by atoms with Crippen molar-refractivity contribution < 1.29 is 38.6 Å². The molecule has 2 heterocycles. The molecule has 0 aromatic heterocycles. The van der Waals surface area contributed by atoms with Crippen molar-refractivity contribution in [2.45, 2.75) is 114 Å². The third-order valence-corrected chi connectivity index (χ3v) is 10.4. The van der Waals surface area contributed by atoms with Gasteiger partial charge in [-0.25, -0.2) is 0 Å². The van der Waals surface area contributed by atoms with Crippen molar-refractivity contribution in [2.24, 2.45) is 0 Å². The molecular formula is C38H70N4O8. The molecule has 4 rings (SSSR count). The molecule has 2 atom stereocenters. The van der Waals surface area contributed by atoms with Crippen molar-refractivity contribution in [2.75, 3.05) is 119 Å². The minimum absolute atomic E-state index is 0.0566. The van der Waals surface area contributed by atoms with E-state index in [9.17, 15) is 10.2 Å². The van der Waals surface area contributed by atoms with Gasteiger partial charge in [0, 0.05) is 65.8 Å². The Morgan fingerprint density at radius 1 is 0.820 bits per heavy atom. The molecule has 2 saturated carbocycles. The van der Waals surface area contributed by atoms with E-state index in [1.807, 2.05) is 13.8 Å². The smallest absolute Gasteiger partial charge is 0.108 e. The Morgan fingerprint density at radius 3 is 2.28 bits per heavy atom. The Morgan fingerprint density at radius 2 is 1.54 bits per heavy atom. The lowest BCUT2D eigenvalue weighted by atomic mass is 9.77. The number of aliphatic hydroxyl groups is 2. The van der Waals surface area contributed by atoms with Gasteiger partial charge in [0.1, 0.15) is 6.61 Å². The maximum Gasteiger partial charge on any atom is 0.108 e. The van der Waals surface area contributed by atoms with E-state index in [4.69, 9.17) is 28.4 Å². The van der Waals surface area contributed by atoms with Gasteiger partial charge in [0.25, 0.3) is 0 Å². The van der Waals surface area contributed by atoms with E-state index in [2.05, 4.69) is 45.3 Å². The summed E-state index contributed by atoms with van der Waals surface area (Å²) in [4.78, 5) is 9.74. The molecule has 2 aliphatic heterocycles. The SMILES string of the molecule is COC1CC(OCCN2CCCN(CCOC(C)C)CCOCC2C2CN(CC#CCOC(C)C)CCCN(CC3(O)CC(O)C3)CCO2)C1. The normalized spacial score (nSPS) is 31.9. The predicted molar refractivity (Wildman–Crippen MR) is 194 cm³/mol. The molecule has 0 bridgehead atoms. The molecule has 4 fully saturated rings. The van der Waals surface area contributed by atoms with Crippen LogP contribution in [0.2, 0.25) is 0 Å². The summed E-state index contributed by atoms with van der Waals surface area (Å²) in [6.07, 6.45) is 5.31. The van der Waals surface area contributed by atoms with Crippen molar-refractivity contribution in [3.63, 3.8) is 0 Å². The Balaban J connectivity index is 1.46. The molecule has 0 spiro atoms. The summed E-state index contributed by atoms with van der Waals surface area (Å²) in [5.74, 6) is 6.57. The predicted octanol–water partition coefficient (Wildman–Crippen LogP) is 1.71. The van der Waals surface area contributed by atoms with Crippen molar-refractivity contribution in [3.05, 3.63) is 0 Å². The molecule has 4 aliphatic rings. The standard InChI is InChI=1S/C38H70N4O8/c1-31(2)47-19-7-6-10-40-12-8-13-41(30-38(44)26-33(43)27-38)17-22-50-37(28-40)36-29-46-20-15-39(16-21-48-32(3)4)11-9-14-42(36)18-23-49-35-24-34(25-35)45-5/h31-37,43-44H,8-30H2,1-5H3. The van der Waals surface area contributed by atoms with Gasteiger partial charge in [0.15, 0.2) is 0 Å². The first-order chi connectivity index (χ1) is 24.1. The van der Waals surface area contributed by atoms with Gasteiger partial charge in [-0.05, 0) is 73.0 Å². The fourth-order valence-corrected chi connectivity index (χ4v) is 7.41. The zero-order valence-electron chi connectivity index (χ0n) is 31.9. The van der Waals surface area contributed by atoms with Crippen LogP contribution in [0.3, 0.4) is 0 Å². The van der Waals surface area contributed by atoms with Crippen molar-refractivity contribution in [1.82, 2.24) is 19.6 Å². The fraction of sp³-hybridized carbons (Fsp3) is 0.947. The lowest BCUT2D eigenvalue weighted by Gasteiger charge is -2.44. The van der Waals surface area contributed by atoms with Crippen LogP contribution in [0.5, 0.6) is 0 Å². The number of nitrogens with zero attached hydrogens (tertiary/aromatic N) is 4. The molecule has 2 saturated heterocycles. The number of ether oxygens (including phenoxy) is 6. The van der Waals surface area contributed by atoms with Crippen LogP contribution in [0, 0.1) is 11.8 Å². The highest BCUT2D eigenvalue weighted by Gasteiger charge is 2.43. The number of hydrogen-bond donors (Lipinski definition) is 2. The third kappa shape index (κ3) is 15.2. The molecule has 0 amide bonds. The molecule has 2 N–H and O–H groups in total. The van der Waals surface area contributed by atoms with Crippen molar-refractivity contribution >= 4 is 0 Å². The number of methoxy groups -OCH3 is 1. The molecule has 290 valence electrons. The largest absolute Gasteiger partial charge is 0.393 e. The molecule has 12 heteroatoms. The number of aliphatic hydroxyl groups excluding tert-OH is 1. The highest BCUT2D eigenvalue weighted by molar-refractivity contribution is 5.02. The minimum atomic E-state index is -0.816. The fourth-order valence-electron chi connectivity index (χ4n) is 7.41. The van der Waals surface area contributed by atoms with Crippen LogP contribution in [0.4, 0.5) is 0 Å². The monoisotopic (exact) mass is 711 g/mol. The lowest BCUT2D eigenvalue weighted by Crippen LogP contribution is -2.57. The highest BCUT2D eigenvalue weighted by Crippen LogP contribution is 2.33. The van der Waals surface area contributed by atoms with Crippen LogP contribution in [0.1, 0.15) is 66.2 Å². The second-order valence-electron chi connectivity index (χ2n) is 15.4. The molecule has 2 unspecified atom stereocenters. The summed E-state index contributed by atoms with van der Waals surface area (Å²) in [6.45, 7) is 20.8. The van der Waals surface area contributed by atoms with E-state index in [0.717, 1.165) is 91.2 Å². The van der Waals surface area contributed by atoms with E-state index in [1.54, 1.807) is 7.11 Å². The van der Waals surface area contributed by atoms with E-state index in [-0.39, 0.29) is 30.5 Å². The average molecular weight is 711 g/mol. The van der Waals surface area contributed by atoms with Gasteiger partial charge in [0.2, 0.25) is 0 Å². The van der Waals surface area contributed by atoms with Gasteiger partial charge in [-0.1, -0.05) is 11.8 Å². The molecule has 2 aliphatic carbocycles. The summed E-state index contributed by atoms with van der Waals surface area (Å²) < 4.78 is 36.7. The van der Waals surface area contributed by atoms with Crippen LogP contribution >= 0.6 is 0 Å². The van der Waals surface area contributed by atoms with Gasteiger partial charge in [-0.15, -0.1) is 0 Å². The number of hydrogen-bond acceptors (Lipinski definition) is 12. The quantitative estimate of drug-likeness (QED) is 0.242. The average Bonchev–Trinajstić information content (AvgIpc) is 3.03. The summed E-state index contributed by atoms with van der Waals surface area (Å²) in [7, 11) is 1.78. The molecule has 0 aromatic carbocycles. The Hall–Kier alpha value is -0.920. The topological polar surface area (TPSA) is 109 Å². The van der Waals surface area contributed by atoms with Crippen molar-refractivity contribution in [1.29, 1.82) is 0 Å². The second-order valence-corrected chi connectivity index (χ2v) is 15.4. The van der Waals surface area contributed by atoms with E-state index in [0.29, 0.717) is 65.1 Å². The van der Waals surface area contributed by atoms with Gasteiger partial charge in [0.05, 0.1) is 87.8 Å². The maximum absolute atomic E-state index is 11.0. The molecule has 12 nitrogen and oxygen atoms in total. The Kier molecular flexibility index (Phi) is 18.7. The molecule has 0 radical (unpaired) electrons. The Bertz CT molecular complexity index is 984. The second kappa shape index (κ2) is 22.3. The number of rotatable bonds is 15. The van der Waals surface area contributed by atoms with E-state index < -0.39 is 11.7 Å². The van der Waals surface area contributed by atoms with Crippen LogP contribution in [0.25, 0.3) is 0 Å². The zero-order valence-corrected chi connectivity index (χ0v) is 31.9. The van der Waals surface area contributed by atoms with Crippen LogP contribution in [0.15, 0.2) is 0 Å². The van der Waals surface area contributed by atoms with Gasteiger partial charge in [-0.2, -0.15) is 0 Å². The van der Waals surface area contributed by atoms with E-state index in [1.165, 1.54) is 0 Å². The first-order valence-corrected chi connectivity index (χ1v) is 19.5. The minimum Gasteiger partial charge on any atom is -0.393 e. The lowest BCUT2D eigenvalue weighted by molar-refractivity contribution is -0.131. The summed E-state index contributed by atoms with van der Waals surface area (Å²) in [6, 6.07) is 0.0566. The van der Waals surface area contributed by atoms with Gasteiger partial charge in [-0.3, -0.25) is 19.6 Å². The summed E-state index contributed by atoms with van der Waals surface area (Å²) in [5.41, 5.74) is -0.816. The van der Waals surface area contributed by atoms with Gasteiger partial charge >= 0.3 is 0 Å².